The third-order valence-corrected chi connectivity index (χ3v) is 5.45. The third-order valence-electron chi connectivity index (χ3n) is 5.45. The van der Waals surface area contributed by atoms with Crippen LogP contribution in [0.15, 0.2) is 24.3 Å². The van der Waals surface area contributed by atoms with Gasteiger partial charge in [-0.3, -0.25) is 20.4 Å². The zero-order valence-electron chi connectivity index (χ0n) is 15.1. The number of hydrogen-bond donors (Lipinski definition) is 3. The molecular weight excluding hydrogens is 335 g/mol. The van der Waals surface area contributed by atoms with Crippen LogP contribution >= 0.6 is 0 Å². The molecule has 2 saturated heterocycles. The molecule has 6 nitrogen and oxygen atoms in total. The molecule has 0 aromatic heterocycles. The molecule has 2 atom stereocenters. The molecule has 2 aliphatic heterocycles. The Bertz CT molecular complexity index is 646. The Labute approximate surface area is 153 Å². The van der Waals surface area contributed by atoms with E-state index in [1.807, 2.05) is 4.90 Å². The predicted octanol–water partition coefficient (Wildman–Crippen LogP) is 1.30. The molecule has 7 heteroatoms. The van der Waals surface area contributed by atoms with Gasteiger partial charge in [0.1, 0.15) is 5.82 Å². The fraction of sp³-hybridized carbons (Fsp3) is 0.579. The summed E-state index contributed by atoms with van der Waals surface area (Å²) in [6.07, 6.45) is 2.23. The van der Waals surface area contributed by atoms with Crippen LogP contribution < -0.4 is 16.2 Å². The average molecular weight is 362 g/mol. The maximum Gasteiger partial charge on any atom is 0.254 e. The van der Waals surface area contributed by atoms with Gasteiger partial charge in [0.15, 0.2) is 0 Å². The van der Waals surface area contributed by atoms with Crippen molar-refractivity contribution in [3.63, 3.8) is 0 Å². The van der Waals surface area contributed by atoms with Crippen molar-refractivity contribution in [3.05, 3.63) is 35.6 Å². The van der Waals surface area contributed by atoms with Gasteiger partial charge in [-0.25, -0.2) is 4.39 Å². The lowest BCUT2D eigenvalue weighted by atomic mass is 9.84. The number of halogens is 1. The minimum Gasteiger partial charge on any atom is -0.351 e. The molecule has 0 bridgehead atoms. The summed E-state index contributed by atoms with van der Waals surface area (Å²) in [7, 11) is 0. The standard InChI is InChI=1S/C19H27FN4O2/c1-13-12-22-23-18(13)14-7-10-24(11-8-14)17(25)6-9-21-19(26)15-4-2-3-5-16(15)20/h2-5,13-14,18,22-23H,6-12H2,1H3,(H,21,26). The fourth-order valence-corrected chi connectivity index (χ4v) is 3.88. The van der Waals surface area contributed by atoms with Gasteiger partial charge in [0, 0.05) is 38.6 Å². The topological polar surface area (TPSA) is 73.5 Å². The quantitative estimate of drug-likeness (QED) is 0.738. The molecule has 0 radical (unpaired) electrons. The summed E-state index contributed by atoms with van der Waals surface area (Å²) < 4.78 is 13.6. The highest BCUT2D eigenvalue weighted by Gasteiger charge is 2.33. The summed E-state index contributed by atoms with van der Waals surface area (Å²) in [5, 5.41) is 2.62. The molecule has 0 saturated carbocycles. The molecule has 142 valence electrons. The molecule has 1 aromatic carbocycles. The second kappa shape index (κ2) is 8.60. The SMILES string of the molecule is CC1CNNC1C1CCN(C(=O)CCNC(=O)c2ccccc2F)CC1. The van der Waals surface area contributed by atoms with Gasteiger partial charge in [0.25, 0.3) is 5.91 Å². The highest BCUT2D eigenvalue weighted by molar-refractivity contribution is 5.94. The molecule has 2 amide bonds. The van der Waals surface area contributed by atoms with E-state index in [0.717, 1.165) is 32.5 Å². The van der Waals surface area contributed by atoms with Crippen molar-refractivity contribution in [2.75, 3.05) is 26.2 Å². The summed E-state index contributed by atoms with van der Waals surface area (Å²) in [4.78, 5) is 26.2. The maximum absolute atomic E-state index is 13.6. The lowest BCUT2D eigenvalue weighted by Gasteiger charge is -2.36. The van der Waals surface area contributed by atoms with Crippen molar-refractivity contribution >= 4 is 11.8 Å². The summed E-state index contributed by atoms with van der Waals surface area (Å²) in [5.41, 5.74) is 6.57. The van der Waals surface area contributed by atoms with E-state index in [1.165, 1.54) is 18.2 Å². The summed E-state index contributed by atoms with van der Waals surface area (Å²) in [5.74, 6) is 0.203. The van der Waals surface area contributed by atoms with Gasteiger partial charge < -0.3 is 10.2 Å². The molecule has 3 N–H and O–H groups in total. The van der Waals surface area contributed by atoms with E-state index in [9.17, 15) is 14.0 Å². The summed E-state index contributed by atoms with van der Waals surface area (Å²) >= 11 is 0. The Balaban J connectivity index is 1.39. The van der Waals surface area contributed by atoms with E-state index in [4.69, 9.17) is 0 Å². The molecule has 1 aromatic rings. The van der Waals surface area contributed by atoms with Crippen LogP contribution in [-0.4, -0.2) is 48.9 Å². The number of hydrazine groups is 1. The van der Waals surface area contributed by atoms with Crippen LogP contribution in [0.5, 0.6) is 0 Å². The first kappa shape index (κ1) is 18.8. The summed E-state index contributed by atoms with van der Waals surface area (Å²) in [6.45, 7) is 4.97. The Kier molecular flexibility index (Phi) is 6.21. The minimum absolute atomic E-state index is 0.00700. The predicted molar refractivity (Wildman–Crippen MR) is 96.7 cm³/mol. The number of carbonyl (C=O) groups excluding carboxylic acids is 2. The number of piperidine rings is 1. The second-order valence-electron chi connectivity index (χ2n) is 7.23. The zero-order valence-corrected chi connectivity index (χ0v) is 15.1. The zero-order chi connectivity index (χ0) is 18.5. The molecule has 3 rings (SSSR count). The highest BCUT2D eigenvalue weighted by atomic mass is 19.1. The van der Waals surface area contributed by atoms with Crippen molar-refractivity contribution in [2.24, 2.45) is 11.8 Å². The van der Waals surface area contributed by atoms with Crippen LogP contribution in [0.1, 0.15) is 36.5 Å². The molecular formula is C19H27FN4O2. The number of nitrogens with zero attached hydrogens (tertiary/aromatic N) is 1. The van der Waals surface area contributed by atoms with Crippen LogP contribution in [0.4, 0.5) is 4.39 Å². The average Bonchev–Trinajstić information content (AvgIpc) is 3.08. The largest absolute Gasteiger partial charge is 0.351 e. The molecule has 0 spiro atoms. The summed E-state index contributed by atoms with van der Waals surface area (Å²) in [6, 6.07) is 6.32. The van der Waals surface area contributed by atoms with Gasteiger partial charge in [-0.05, 0) is 36.8 Å². The van der Waals surface area contributed by atoms with Gasteiger partial charge >= 0.3 is 0 Å². The smallest absolute Gasteiger partial charge is 0.254 e. The molecule has 0 aliphatic carbocycles. The van der Waals surface area contributed by atoms with Gasteiger partial charge in [-0.15, -0.1) is 0 Å². The Morgan fingerprint density at radius 1 is 1.27 bits per heavy atom. The van der Waals surface area contributed by atoms with Gasteiger partial charge in [0.2, 0.25) is 5.91 Å². The van der Waals surface area contributed by atoms with E-state index < -0.39 is 11.7 Å². The number of amides is 2. The van der Waals surface area contributed by atoms with Gasteiger partial charge in [-0.2, -0.15) is 0 Å². The molecule has 2 heterocycles. The van der Waals surface area contributed by atoms with E-state index in [-0.39, 0.29) is 24.4 Å². The van der Waals surface area contributed by atoms with Crippen molar-refractivity contribution < 1.29 is 14.0 Å². The van der Waals surface area contributed by atoms with Crippen LogP contribution in [0.3, 0.4) is 0 Å². The van der Waals surface area contributed by atoms with E-state index in [0.29, 0.717) is 17.9 Å². The van der Waals surface area contributed by atoms with Crippen molar-refractivity contribution in [2.45, 2.75) is 32.2 Å². The Hall–Kier alpha value is -1.99. The number of rotatable bonds is 5. The normalized spacial score (nSPS) is 23.8. The van der Waals surface area contributed by atoms with E-state index >= 15 is 0 Å². The fourth-order valence-electron chi connectivity index (χ4n) is 3.88. The van der Waals surface area contributed by atoms with Crippen molar-refractivity contribution in [1.82, 2.24) is 21.1 Å². The molecule has 2 unspecified atom stereocenters. The van der Waals surface area contributed by atoms with E-state index in [2.05, 4.69) is 23.1 Å². The number of benzene rings is 1. The third kappa shape index (κ3) is 4.40. The molecule has 26 heavy (non-hydrogen) atoms. The highest BCUT2D eigenvalue weighted by Crippen LogP contribution is 2.26. The number of nitrogens with one attached hydrogen (secondary N) is 3. The molecule has 2 fully saturated rings. The Morgan fingerprint density at radius 2 is 2.00 bits per heavy atom. The monoisotopic (exact) mass is 362 g/mol. The second-order valence-corrected chi connectivity index (χ2v) is 7.23. The minimum atomic E-state index is -0.553. The van der Waals surface area contributed by atoms with Crippen molar-refractivity contribution in [3.8, 4) is 0 Å². The first-order valence-electron chi connectivity index (χ1n) is 9.35. The maximum atomic E-state index is 13.6. The number of hydrogen-bond acceptors (Lipinski definition) is 4. The number of carbonyl (C=O) groups is 2. The van der Waals surface area contributed by atoms with E-state index in [1.54, 1.807) is 6.07 Å². The van der Waals surface area contributed by atoms with Crippen molar-refractivity contribution in [1.29, 1.82) is 0 Å². The van der Waals surface area contributed by atoms with Gasteiger partial charge in [0.05, 0.1) is 5.56 Å². The molecule has 2 aliphatic rings. The first-order chi connectivity index (χ1) is 12.6. The lowest BCUT2D eigenvalue weighted by molar-refractivity contribution is -0.132. The van der Waals surface area contributed by atoms with Gasteiger partial charge in [-0.1, -0.05) is 19.1 Å². The van der Waals surface area contributed by atoms with Crippen LogP contribution in [0, 0.1) is 17.7 Å². The lowest BCUT2D eigenvalue weighted by Crippen LogP contribution is -2.46. The van der Waals surface area contributed by atoms with Crippen LogP contribution in [-0.2, 0) is 4.79 Å². The van der Waals surface area contributed by atoms with Crippen LogP contribution in [0.25, 0.3) is 0 Å². The number of likely N-dealkylation sites (tertiary alicyclic amines) is 1. The Morgan fingerprint density at radius 3 is 2.65 bits per heavy atom. The van der Waals surface area contributed by atoms with Crippen LogP contribution in [0.2, 0.25) is 0 Å². The first-order valence-corrected chi connectivity index (χ1v) is 9.35.